The minimum Gasteiger partial charge on any atom is -0.454 e. The average Bonchev–Trinajstić information content (AvgIpc) is 2.95. The van der Waals surface area contributed by atoms with E-state index in [0.29, 0.717) is 13.2 Å². The topological polar surface area (TPSA) is 66.6 Å². The van der Waals surface area contributed by atoms with Crippen molar-refractivity contribution in [2.45, 2.75) is 27.1 Å². The first-order chi connectivity index (χ1) is 10.1. The fourth-order valence-electron chi connectivity index (χ4n) is 2.23. The monoisotopic (exact) mass is 286 g/mol. The van der Waals surface area contributed by atoms with Gasteiger partial charge in [-0.15, -0.1) is 0 Å². The number of aromatic nitrogens is 1. The van der Waals surface area contributed by atoms with E-state index in [1.807, 2.05) is 32.0 Å². The molecule has 2 N–H and O–H groups in total. The lowest BCUT2D eigenvalue weighted by Gasteiger charge is -2.10. The third-order valence-electron chi connectivity index (χ3n) is 3.62. The molecule has 2 aromatic rings. The van der Waals surface area contributed by atoms with Crippen LogP contribution in [0.4, 0.5) is 5.69 Å². The number of nitrogens with two attached hydrogens (primary N) is 1. The van der Waals surface area contributed by atoms with Crippen molar-refractivity contribution in [2.75, 3.05) is 12.5 Å². The zero-order valence-electron chi connectivity index (χ0n) is 12.2. The van der Waals surface area contributed by atoms with Crippen LogP contribution in [0.25, 0.3) is 0 Å². The van der Waals surface area contributed by atoms with Gasteiger partial charge in [-0.25, -0.2) is 0 Å². The molecule has 1 aliphatic heterocycles. The molecule has 0 saturated carbocycles. The van der Waals surface area contributed by atoms with Crippen molar-refractivity contribution in [2.24, 2.45) is 0 Å². The Kier molecular flexibility index (Phi) is 3.66. The highest BCUT2D eigenvalue weighted by Gasteiger charge is 2.13. The van der Waals surface area contributed by atoms with Crippen LogP contribution in [0.3, 0.4) is 0 Å². The molecule has 1 aliphatic rings. The number of aryl methyl sites for hydroxylation is 1. The number of hydrogen-bond donors (Lipinski definition) is 1. The summed E-state index contributed by atoms with van der Waals surface area (Å²) in [6.45, 7) is 5.13. The predicted molar refractivity (Wildman–Crippen MR) is 79.2 cm³/mol. The van der Waals surface area contributed by atoms with E-state index in [4.69, 9.17) is 19.9 Å². The molecule has 0 atom stereocenters. The molecule has 0 aliphatic carbocycles. The molecule has 0 saturated heterocycles. The van der Waals surface area contributed by atoms with Crippen molar-refractivity contribution in [1.29, 1.82) is 0 Å². The van der Waals surface area contributed by atoms with Crippen LogP contribution in [-0.2, 0) is 18.0 Å². The van der Waals surface area contributed by atoms with E-state index in [1.54, 1.807) is 6.20 Å². The van der Waals surface area contributed by atoms with Crippen LogP contribution in [0.1, 0.15) is 22.4 Å². The number of fused-ring (bicyclic) bond motifs is 1. The van der Waals surface area contributed by atoms with E-state index in [0.717, 1.165) is 39.6 Å². The van der Waals surface area contributed by atoms with E-state index < -0.39 is 0 Å². The Morgan fingerprint density at radius 1 is 1.19 bits per heavy atom. The number of nitrogen functional groups attached to an aromatic ring is 1. The summed E-state index contributed by atoms with van der Waals surface area (Å²) in [5, 5.41) is 0. The summed E-state index contributed by atoms with van der Waals surface area (Å²) in [5.74, 6) is 1.55. The smallest absolute Gasteiger partial charge is 0.231 e. The molecule has 0 fully saturated rings. The van der Waals surface area contributed by atoms with Gasteiger partial charge in [-0.1, -0.05) is 6.07 Å². The number of nitrogens with zero attached hydrogens (tertiary/aromatic N) is 1. The SMILES string of the molecule is Cc1cnc(COCc2ccc3c(c2)OCO3)c(C)c1N. The van der Waals surface area contributed by atoms with Crippen LogP contribution in [0.2, 0.25) is 0 Å². The van der Waals surface area contributed by atoms with Crippen LogP contribution in [0.5, 0.6) is 11.5 Å². The largest absolute Gasteiger partial charge is 0.454 e. The molecule has 5 heteroatoms. The van der Waals surface area contributed by atoms with Gasteiger partial charge in [-0.3, -0.25) is 4.98 Å². The quantitative estimate of drug-likeness (QED) is 0.936. The second-order valence-electron chi connectivity index (χ2n) is 5.11. The van der Waals surface area contributed by atoms with Crippen molar-refractivity contribution in [3.63, 3.8) is 0 Å². The zero-order chi connectivity index (χ0) is 14.8. The third kappa shape index (κ3) is 2.78. The Morgan fingerprint density at radius 2 is 2.00 bits per heavy atom. The van der Waals surface area contributed by atoms with Crippen molar-refractivity contribution in [1.82, 2.24) is 4.98 Å². The van der Waals surface area contributed by atoms with Crippen molar-refractivity contribution in [3.8, 4) is 11.5 Å². The summed E-state index contributed by atoms with van der Waals surface area (Å²) < 4.78 is 16.4. The fourth-order valence-corrected chi connectivity index (χ4v) is 2.23. The maximum atomic E-state index is 6.00. The van der Waals surface area contributed by atoms with Gasteiger partial charge in [0.25, 0.3) is 0 Å². The Labute approximate surface area is 123 Å². The molecule has 5 nitrogen and oxygen atoms in total. The van der Waals surface area contributed by atoms with Gasteiger partial charge in [0.2, 0.25) is 6.79 Å². The Bertz CT molecular complexity index is 671. The molecule has 110 valence electrons. The normalized spacial score (nSPS) is 12.7. The fraction of sp³-hybridized carbons (Fsp3) is 0.312. The number of rotatable bonds is 4. The predicted octanol–water partition coefficient (Wildman–Crippen LogP) is 2.73. The van der Waals surface area contributed by atoms with Gasteiger partial charge in [-0.2, -0.15) is 0 Å². The molecule has 0 unspecified atom stereocenters. The lowest BCUT2D eigenvalue weighted by Crippen LogP contribution is -2.04. The summed E-state index contributed by atoms with van der Waals surface area (Å²) in [4.78, 5) is 4.38. The van der Waals surface area contributed by atoms with Crippen LogP contribution >= 0.6 is 0 Å². The Balaban J connectivity index is 1.63. The minimum absolute atomic E-state index is 0.283. The number of ether oxygens (including phenoxy) is 3. The highest BCUT2D eigenvalue weighted by atomic mass is 16.7. The summed E-state index contributed by atoms with van der Waals surface area (Å²) in [5.41, 5.74) is 10.7. The van der Waals surface area contributed by atoms with E-state index in [-0.39, 0.29) is 6.79 Å². The van der Waals surface area contributed by atoms with Gasteiger partial charge >= 0.3 is 0 Å². The van der Waals surface area contributed by atoms with Crippen LogP contribution in [0.15, 0.2) is 24.4 Å². The minimum atomic E-state index is 0.283. The first-order valence-electron chi connectivity index (χ1n) is 6.82. The van der Waals surface area contributed by atoms with E-state index in [2.05, 4.69) is 4.98 Å². The maximum Gasteiger partial charge on any atom is 0.231 e. The first kappa shape index (κ1) is 13.7. The van der Waals surface area contributed by atoms with E-state index in [9.17, 15) is 0 Å². The van der Waals surface area contributed by atoms with Gasteiger partial charge in [0.15, 0.2) is 11.5 Å². The molecular weight excluding hydrogens is 268 g/mol. The molecule has 3 rings (SSSR count). The highest BCUT2D eigenvalue weighted by Crippen LogP contribution is 2.32. The molecule has 0 bridgehead atoms. The molecular formula is C16H18N2O3. The standard InChI is InChI=1S/C16H18N2O3/c1-10-6-18-13(11(2)16(10)17)8-19-7-12-3-4-14-15(5-12)21-9-20-14/h3-6H,7-9H2,1-2H3,(H2,17,18). The molecule has 0 spiro atoms. The zero-order valence-corrected chi connectivity index (χ0v) is 12.2. The summed E-state index contributed by atoms with van der Waals surface area (Å²) in [6, 6.07) is 5.80. The van der Waals surface area contributed by atoms with Crippen LogP contribution in [-0.4, -0.2) is 11.8 Å². The number of pyridine rings is 1. The molecule has 1 aromatic heterocycles. The van der Waals surface area contributed by atoms with Gasteiger partial charge in [0.1, 0.15) is 0 Å². The van der Waals surface area contributed by atoms with Crippen molar-refractivity contribution >= 4 is 5.69 Å². The second-order valence-corrected chi connectivity index (χ2v) is 5.11. The van der Waals surface area contributed by atoms with Gasteiger partial charge in [0.05, 0.1) is 18.9 Å². The average molecular weight is 286 g/mol. The van der Waals surface area contributed by atoms with Crippen molar-refractivity contribution < 1.29 is 14.2 Å². The number of anilines is 1. The lowest BCUT2D eigenvalue weighted by atomic mass is 10.1. The molecule has 2 heterocycles. The third-order valence-corrected chi connectivity index (χ3v) is 3.62. The molecule has 0 radical (unpaired) electrons. The van der Waals surface area contributed by atoms with Gasteiger partial charge in [0, 0.05) is 11.9 Å². The first-order valence-corrected chi connectivity index (χ1v) is 6.82. The molecule has 1 aromatic carbocycles. The van der Waals surface area contributed by atoms with Gasteiger partial charge in [-0.05, 0) is 42.7 Å². The van der Waals surface area contributed by atoms with Crippen LogP contribution in [0, 0.1) is 13.8 Å². The van der Waals surface area contributed by atoms with Crippen LogP contribution < -0.4 is 15.2 Å². The summed E-state index contributed by atoms with van der Waals surface area (Å²) in [7, 11) is 0. The Hall–Kier alpha value is -2.27. The Morgan fingerprint density at radius 3 is 2.86 bits per heavy atom. The lowest BCUT2D eigenvalue weighted by molar-refractivity contribution is 0.104. The molecule has 0 amide bonds. The second kappa shape index (κ2) is 5.61. The number of benzene rings is 1. The maximum absolute atomic E-state index is 6.00. The highest BCUT2D eigenvalue weighted by molar-refractivity contribution is 5.53. The van der Waals surface area contributed by atoms with Gasteiger partial charge < -0.3 is 19.9 Å². The summed E-state index contributed by atoms with van der Waals surface area (Å²) >= 11 is 0. The van der Waals surface area contributed by atoms with E-state index in [1.165, 1.54) is 0 Å². The van der Waals surface area contributed by atoms with E-state index >= 15 is 0 Å². The summed E-state index contributed by atoms with van der Waals surface area (Å²) in [6.07, 6.45) is 1.78. The number of hydrogen-bond acceptors (Lipinski definition) is 5. The molecule has 21 heavy (non-hydrogen) atoms. The van der Waals surface area contributed by atoms with Crippen molar-refractivity contribution in [3.05, 3.63) is 46.8 Å².